The van der Waals surface area contributed by atoms with E-state index in [9.17, 15) is 13.5 Å². The number of rotatable bonds is 6. The molecule has 0 aromatic carbocycles. The summed E-state index contributed by atoms with van der Waals surface area (Å²) < 4.78 is 32.6. The maximum absolute atomic E-state index is 11.8. The van der Waals surface area contributed by atoms with Gasteiger partial charge in [0.05, 0.1) is 12.6 Å². The average molecular weight is 285 g/mol. The number of nitrogens with zero attached hydrogens (tertiary/aromatic N) is 2. The molecule has 104 valence electrons. The molecule has 19 heavy (non-hydrogen) atoms. The summed E-state index contributed by atoms with van der Waals surface area (Å²) in [7, 11) is -1.94. The first-order valence-corrected chi connectivity index (χ1v) is 7.16. The molecule has 2 heterocycles. The second-order valence-corrected chi connectivity index (χ2v) is 5.81. The van der Waals surface area contributed by atoms with Crippen LogP contribution in [0.1, 0.15) is 18.3 Å². The summed E-state index contributed by atoms with van der Waals surface area (Å²) in [6.45, 7) is 0.0980. The van der Waals surface area contributed by atoms with Crippen LogP contribution in [0, 0.1) is 0 Å². The van der Waals surface area contributed by atoms with Crippen LogP contribution in [0.3, 0.4) is 0 Å². The normalized spacial score (nSPS) is 13.6. The number of aliphatic hydroxyl groups is 1. The number of nitrogens with one attached hydrogen (secondary N) is 1. The Hall–Kier alpha value is -1.64. The van der Waals surface area contributed by atoms with E-state index in [2.05, 4.69) is 9.71 Å². The Kier molecular flexibility index (Phi) is 4.03. The molecule has 8 heteroatoms. The molecule has 0 aliphatic carbocycles. The smallest absolute Gasteiger partial charge is 0.259 e. The van der Waals surface area contributed by atoms with E-state index >= 15 is 0 Å². The third-order valence-electron chi connectivity index (χ3n) is 2.54. The first-order chi connectivity index (χ1) is 8.99. The third kappa shape index (κ3) is 3.43. The van der Waals surface area contributed by atoms with Crippen molar-refractivity contribution in [1.29, 1.82) is 0 Å². The summed E-state index contributed by atoms with van der Waals surface area (Å²) in [4.78, 5) is 3.77. The Balaban J connectivity index is 1.89. The highest BCUT2D eigenvalue weighted by Gasteiger charge is 2.17. The van der Waals surface area contributed by atoms with Crippen LogP contribution in [0.5, 0.6) is 0 Å². The minimum Gasteiger partial charge on any atom is -0.467 e. The fourth-order valence-electron chi connectivity index (χ4n) is 1.55. The van der Waals surface area contributed by atoms with Gasteiger partial charge in [0.2, 0.25) is 0 Å². The minimum atomic E-state index is -3.63. The zero-order chi connectivity index (χ0) is 13.9. The highest BCUT2D eigenvalue weighted by atomic mass is 32.2. The van der Waals surface area contributed by atoms with Gasteiger partial charge in [0, 0.05) is 19.8 Å². The van der Waals surface area contributed by atoms with E-state index in [1.807, 2.05) is 0 Å². The largest absolute Gasteiger partial charge is 0.467 e. The SMILES string of the molecule is Cn1cnc(S(=O)(=O)NCCC(O)c2ccco2)c1. The predicted molar refractivity (Wildman–Crippen MR) is 66.7 cm³/mol. The Bertz CT molecular complexity index is 618. The van der Waals surface area contributed by atoms with Gasteiger partial charge < -0.3 is 14.1 Å². The lowest BCUT2D eigenvalue weighted by molar-refractivity contribution is 0.141. The third-order valence-corrected chi connectivity index (χ3v) is 3.88. The van der Waals surface area contributed by atoms with Gasteiger partial charge in [-0.3, -0.25) is 0 Å². The Morgan fingerprint density at radius 2 is 2.37 bits per heavy atom. The van der Waals surface area contributed by atoms with Gasteiger partial charge in [0.15, 0.2) is 5.03 Å². The highest BCUT2D eigenvalue weighted by molar-refractivity contribution is 7.89. The van der Waals surface area contributed by atoms with Gasteiger partial charge in [-0.15, -0.1) is 0 Å². The number of imidazole rings is 1. The van der Waals surface area contributed by atoms with Gasteiger partial charge in [0.1, 0.15) is 11.9 Å². The van der Waals surface area contributed by atoms with Crippen LogP contribution in [0.25, 0.3) is 0 Å². The molecule has 1 atom stereocenters. The van der Waals surface area contributed by atoms with E-state index in [4.69, 9.17) is 4.42 Å². The van der Waals surface area contributed by atoms with E-state index in [0.717, 1.165) is 0 Å². The van der Waals surface area contributed by atoms with Crippen LogP contribution < -0.4 is 4.72 Å². The van der Waals surface area contributed by atoms with Crippen molar-refractivity contribution in [2.24, 2.45) is 7.05 Å². The van der Waals surface area contributed by atoms with Gasteiger partial charge in [-0.2, -0.15) is 0 Å². The van der Waals surface area contributed by atoms with E-state index in [1.165, 1.54) is 18.8 Å². The topological polar surface area (TPSA) is 97.4 Å². The maximum Gasteiger partial charge on any atom is 0.259 e. The Morgan fingerprint density at radius 3 is 2.95 bits per heavy atom. The van der Waals surface area contributed by atoms with Crippen molar-refractivity contribution < 1.29 is 17.9 Å². The summed E-state index contributed by atoms with van der Waals surface area (Å²) in [5.74, 6) is 0.414. The lowest BCUT2D eigenvalue weighted by Gasteiger charge is -2.08. The number of hydrogen-bond donors (Lipinski definition) is 2. The average Bonchev–Trinajstić information content (AvgIpc) is 2.99. The number of hydrogen-bond acceptors (Lipinski definition) is 5. The molecule has 2 N–H and O–H groups in total. The number of aliphatic hydroxyl groups excluding tert-OH is 1. The molecule has 0 bridgehead atoms. The van der Waals surface area contributed by atoms with Crippen molar-refractivity contribution in [3.05, 3.63) is 36.7 Å². The molecule has 0 aliphatic rings. The molecule has 1 unspecified atom stereocenters. The molecule has 2 aromatic rings. The summed E-state index contributed by atoms with van der Waals surface area (Å²) >= 11 is 0. The maximum atomic E-state index is 11.8. The predicted octanol–water partition coefficient (Wildman–Crippen LogP) is 0.415. The lowest BCUT2D eigenvalue weighted by Crippen LogP contribution is -2.26. The van der Waals surface area contributed by atoms with E-state index in [1.54, 1.807) is 23.7 Å². The zero-order valence-electron chi connectivity index (χ0n) is 10.4. The van der Waals surface area contributed by atoms with Gasteiger partial charge in [-0.1, -0.05) is 0 Å². The van der Waals surface area contributed by atoms with Crippen LogP contribution in [0.15, 0.2) is 40.4 Å². The van der Waals surface area contributed by atoms with Crippen LogP contribution in [0.2, 0.25) is 0 Å². The monoisotopic (exact) mass is 285 g/mol. The molecule has 2 rings (SSSR count). The van der Waals surface area contributed by atoms with Gasteiger partial charge >= 0.3 is 0 Å². The van der Waals surface area contributed by atoms with Crippen LogP contribution in [-0.4, -0.2) is 29.6 Å². The van der Waals surface area contributed by atoms with E-state index in [0.29, 0.717) is 5.76 Å². The molecule has 0 saturated carbocycles. The van der Waals surface area contributed by atoms with Crippen molar-refractivity contribution >= 4 is 10.0 Å². The summed E-state index contributed by atoms with van der Waals surface area (Å²) in [6, 6.07) is 3.30. The highest BCUT2D eigenvalue weighted by Crippen LogP contribution is 2.16. The molecular formula is C11H15N3O4S. The second kappa shape index (κ2) is 5.55. The first kappa shape index (κ1) is 13.8. The number of aromatic nitrogens is 2. The number of aryl methyl sites for hydroxylation is 1. The van der Waals surface area contributed by atoms with Crippen molar-refractivity contribution in [3.8, 4) is 0 Å². The second-order valence-electron chi connectivity index (χ2n) is 4.10. The van der Waals surface area contributed by atoms with E-state index < -0.39 is 16.1 Å². The zero-order valence-corrected chi connectivity index (χ0v) is 11.2. The molecule has 2 aromatic heterocycles. The molecule has 0 spiro atoms. The molecule has 0 amide bonds. The first-order valence-electron chi connectivity index (χ1n) is 5.68. The standard InChI is InChI=1S/C11H15N3O4S/c1-14-7-11(12-8-14)19(16,17)13-5-4-9(15)10-3-2-6-18-10/h2-3,6-9,13,15H,4-5H2,1H3. The van der Waals surface area contributed by atoms with Gasteiger partial charge in [-0.05, 0) is 18.6 Å². The van der Waals surface area contributed by atoms with Crippen LogP contribution >= 0.6 is 0 Å². The Labute approximate surface area is 110 Å². The Morgan fingerprint density at radius 1 is 1.58 bits per heavy atom. The molecule has 7 nitrogen and oxygen atoms in total. The summed E-state index contributed by atoms with van der Waals surface area (Å²) in [6.07, 6.45) is 3.66. The van der Waals surface area contributed by atoms with Crippen LogP contribution in [-0.2, 0) is 17.1 Å². The van der Waals surface area contributed by atoms with Crippen molar-refractivity contribution in [3.63, 3.8) is 0 Å². The van der Waals surface area contributed by atoms with E-state index in [-0.39, 0.29) is 18.0 Å². The molecule has 0 aliphatic heterocycles. The van der Waals surface area contributed by atoms with Crippen LogP contribution in [0.4, 0.5) is 0 Å². The molecule has 0 fully saturated rings. The fourth-order valence-corrected chi connectivity index (χ4v) is 2.58. The van der Waals surface area contributed by atoms with Crippen molar-refractivity contribution in [2.75, 3.05) is 6.54 Å². The lowest BCUT2D eigenvalue weighted by atomic mass is 10.2. The summed E-state index contributed by atoms with van der Waals surface area (Å²) in [5, 5.41) is 9.69. The van der Waals surface area contributed by atoms with Gasteiger partial charge in [-0.25, -0.2) is 18.1 Å². The van der Waals surface area contributed by atoms with Crippen molar-refractivity contribution in [1.82, 2.24) is 14.3 Å². The molecule has 0 radical (unpaired) electrons. The van der Waals surface area contributed by atoms with Crippen molar-refractivity contribution in [2.45, 2.75) is 17.6 Å². The number of sulfonamides is 1. The molecule has 0 saturated heterocycles. The number of furan rings is 1. The minimum absolute atomic E-state index is 0.0394. The quantitative estimate of drug-likeness (QED) is 0.801. The summed E-state index contributed by atoms with van der Waals surface area (Å²) in [5.41, 5.74) is 0. The molecular weight excluding hydrogens is 270 g/mol. The fraction of sp³-hybridized carbons (Fsp3) is 0.364. The van der Waals surface area contributed by atoms with Gasteiger partial charge in [0.25, 0.3) is 10.0 Å².